The average Bonchev–Trinajstić information content (AvgIpc) is 2.68. The van der Waals surface area contributed by atoms with Crippen molar-refractivity contribution in [3.63, 3.8) is 0 Å². The second-order valence-corrected chi connectivity index (χ2v) is 7.78. The van der Waals surface area contributed by atoms with Crippen LogP contribution in [0, 0.1) is 6.92 Å². The molecule has 0 unspecified atom stereocenters. The summed E-state index contributed by atoms with van der Waals surface area (Å²) >= 11 is 1.79. The fourth-order valence-electron chi connectivity index (χ4n) is 2.09. The van der Waals surface area contributed by atoms with Gasteiger partial charge in [-0.15, -0.1) is 0 Å². The maximum absolute atomic E-state index is 12.6. The first kappa shape index (κ1) is 14.8. The molecule has 0 bridgehead atoms. The summed E-state index contributed by atoms with van der Waals surface area (Å²) < 4.78 is 26.7. The summed E-state index contributed by atoms with van der Waals surface area (Å²) in [5, 5.41) is 9.25. The summed E-state index contributed by atoms with van der Waals surface area (Å²) in [5.74, 6) is 1.86. The molecular formula is C13H19NO3S2. The van der Waals surface area contributed by atoms with Crippen LogP contribution in [0.15, 0.2) is 23.1 Å². The van der Waals surface area contributed by atoms with Crippen molar-refractivity contribution in [1.29, 1.82) is 0 Å². The van der Waals surface area contributed by atoms with Gasteiger partial charge in [0, 0.05) is 18.8 Å². The first-order chi connectivity index (χ1) is 9.05. The maximum Gasteiger partial charge on any atom is 0.243 e. The third-order valence-electron chi connectivity index (χ3n) is 3.31. The number of benzene rings is 1. The van der Waals surface area contributed by atoms with Gasteiger partial charge >= 0.3 is 0 Å². The van der Waals surface area contributed by atoms with Gasteiger partial charge < -0.3 is 5.11 Å². The number of rotatable bonds is 3. The quantitative estimate of drug-likeness (QED) is 0.921. The Morgan fingerprint density at radius 2 is 2.11 bits per heavy atom. The van der Waals surface area contributed by atoms with E-state index in [0.29, 0.717) is 18.7 Å². The molecule has 0 spiro atoms. The molecule has 0 atom stereocenters. The molecule has 1 aliphatic rings. The number of thioether (sulfide) groups is 1. The van der Waals surface area contributed by atoms with Crippen molar-refractivity contribution in [3.8, 4) is 0 Å². The average molecular weight is 301 g/mol. The number of aryl methyl sites for hydroxylation is 1. The highest BCUT2D eigenvalue weighted by molar-refractivity contribution is 7.99. The molecule has 1 saturated heterocycles. The third kappa shape index (κ3) is 3.31. The van der Waals surface area contributed by atoms with Crippen molar-refractivity contribution in [3.05, 3.63) is 29.3 Å². The van der Waals surface area contributed by atoms with Crippen molar-refractivity contribution in [2.45, 2.75) is 24.8 Å². The van der Waals surface area contributed by atoms with Crippen LogP contribution in [0.3, 0.4) is 0 Å². The van der Waals surface area contributed by atoms with Gasteiger partial charge in [-0.05, 0) is 42.4 Å². The van der Waals surface area contributed by atoms with Gasteiger partial charge in [0.25, 0.3) is 0 Å². The highest BCUT2D eigenvalue weighted by atomic mass is 32.2. The fourth-order valence-corrected chi connectivity index (χ4v) is 4.62. The zero-order valence-corrected chi connectivity index (χ0v) is 12.6. The van der Waals surface area contributed by atoms with Crippen molar-refractivity contribution in [2.24, 2.45) is 0 Å². The van der Waals surface area contributed by atoms with Crippen LogP contribution >= 0.6 is 11.8 Å². The van der Waals surface area contributed by atoms with E-state index in [9.17, 15) is 13.5 Å². The van der Waals surface area contributed by atoms with Gasteiger partial charge in [-0.3, -0.25) is 0 Å². The Labute approximate surface area is 118 Å². The van der Waals surface area contributed by atoms with Crippen molar-refractivity contribution in [2.75, 3.05) is 24.6 Å². The van der Waals surface area contributed by atoms with E-state index in [2.05, 4.69) is 0 Å². The highest BCUT2D eigenvalue weighted by Crippen LogP contribution is 2.22. The van der Waals surface area contributed by atoms with E-state index in [1.165, 1.54) is 0 Å². The molecule has 1 fully saturated rings. The van der Waals surface area contributed by atoms with Crippen LogP contribution < -0.4 is 0 Å². The number of hydrogen-bond acceptors (Lipinski definition) is 4. The molecular weight excluding hydrogens is 282 g/mol. The Hall–Kier alpha value is -0.560. The summed E-state index contributed by atoms with van der Waals surface area (Å²) in [7, 11) is -3.43. The predicted molar refractivity (Wildman–Crippen MR) is 77.8 cm³/mol. The Morgan fingerprint density at radius 1 is 1.32 bits per heavy atom. The molecule has 0 radical (unpaired) electrons. The molecule has 1 aromatic carbocycles. The SMILES string of the molecule is Cc1ccc(S(=O)(=O)N2CCCSCC2)cc1CO. The number of nitrogens with zero attached hydrogens (tertiary/aromatic N) is 1. The first-order valence-electron chi connectivity index (χ1n) is 6.34. The molecule has 0 aromatic heterocycles. The molecule has 2 rings (SSSR count). The second-order valence-electron chi connectivity index (χ2n) is 4.62. The van der Waals surface area contributed by atoms with Crippen LogP contribution in [0.1, 0.15) is 17.5 Å². The van der Waals surface area contributed by atoms with Gasteiger partial charge in [-0.1, -0.05) is 6.07 Å². The topological polar surface area (TPSA) is 57.6 Å². The molecule has 1 heterocycles. The van der Waals surface area contributed by atoms with E-state index < -0.39 is 10.0 Å². The van der Waals surface area contributed by atoms with E-state index in [1.807, 2.05) is 6.92 Å². The smallest absolute Gasteiger partial charge is 0.243 e. The Bertz CT molecular complexity index is 535. The van der Waals surface area contributed by atoms with Gasteiger partial charge in [-0.25, -0.2) is 8.42 Å². The minimum atomic E-state index is -3.43. The van der Waals surface area contributed by atoms with Crippen molar-refractivity contribution >= 4 is 21.8 Å². The van der Waals surface area contributed by atoms with Crippen LogP contribution in [0.4, 0.5) is 0 Å². The van der Waals surface area contributed by atoms with E-state index in [0.717, 1.165) is 23.5 Å². The predicted octanol–water partition coefficient (Wildman–Crippen LogP) is 1.61. The number of aliphatic hydroxyl groups is 1. The van der Waals surface area contributed by atoms with Gasteiger partial charge in [0.15, 0.2) is 0 Å². The molecule has 1 aliphatic heterocycles. The van der Waals surface area contributed by atoms with Gasteiger partial charge in [0.05, 0.1) is 11.5 Å². The largest absolute Gasteiger partial charge is 0.392 e. The minimum Gasteiger partial charge on any atom is -0.392 e. The zero-order chi connectivity index (χ0) is 13.9. The van der Waals surface area contributed by atoms with Gasteiger partial charge in [0.2, 0.25) is 10.0 Å². The second kappa shape index (κ2) is 6.26. The van der Waals surface area contributed by atoms with E-state index >= 15 is 0 Å². The normalized spacial score (nSPS) is 18.2. The van der Waals surface area contributed by atoms with Gasteiger partial charge in [0.1, 0.15) is 0 Å². The molecule has 0 amide bonds. The Morgan fingerprint density at radius 3 is 2.84 bits per heavy atom. The molecule has 0 saturated carbocycles. The number of sulfonamides is 1. The zero-order valence-electron chi connectivity index (χ0n) is 11.0. The summed E-state index contributed by atoms with van der Waals surface area (Å²) in [6, 6.07) is 4.97. The molecule has 106 valence electrons. The van der Waals surface area contributed by atoms with Crippen LogP contribution in [-0.2, 0) is 16.6 Å². The number of aliphatic hydroxyl groups excluding tert-OH is 1. The summed E-state index contributed by atoms with van der Waals surface area (Å²) in [5.41, 5.74) is 1.58. The van der Waals surface area contributed by atoms with E-state index in [1.54, 1.807) is 34.3 Å². The lowest BCUT2D eigenvalue weighted by Gasteiger charge is -2.20. The lowest BCUT2D eigenvalue weighted by Crippen LogP contribution is -2.33. The molecule has 0 aliphatic carbocycles. The van der Waals surface area contributed by atoms with Gasteiger partial charge in [-0.2, -0.15) is 16.1 Å². The third-order valence-corrected chi connectivity index (χ3v) is 6.25. The van der Waals surface area contributed by atoms with E-state index in [-0.39, 0.29) is 11.5 Å². The standard InChI is InChI=1S/C13H19NO3S2/c1-11-3-4-13(9-12(11)10-15)19(16,17)14-5-2-7-18-8-6-14/h3-4,9,15H,2,5-8,10H2,1H3. The van der Waals surface area contributed by atoms with Crippen LogP contribution in [0.25, 0.3) is 0 Å². The van der Waals surface area contributed by atoms with Crippen molar-refractivity contribution in [1.82, 2.24) is 4.31 Å². The fraction of sp³-hybridized carbons (Fsp3) is 0.538. The van der Waals surface area contributed by atoms with Crippen LogP contribution in [-0.4, -0.2) is 42.4 Å². The maximum atomic E-state index is 12.6. The monoisotopic (exact) mass is 301 g/mol. The molecule has 4 nitrogen and oxygen atoms in total. The van der Waals surface area contributed by atoms with Crippen LogP contribution in [0.5, 0.6) is 0 Å². The lowest BCUT2D eigenvalue weighted by atomic mass is 10.1. The molecule has 19 heavy (non-hydrogen) atoms. The Kier molecular flexibility index (Phi) is 4.89. The number of hydrogen-bond donors (Lipinski definition) is 1. The first-order valence-corrected chi connectivity index (χ1v) is 8.93. The highest BCUT2D eigenvalue weighted by Gasteiger charge is 2.25. The van der Waals surface area contributed by atoms with Crippen LogP contribution in [0.2, 0.25) is 0 Å². The lowest BCUT2D eigenvalue weighted by molar-refractivity contribution is 0.280. The van der Waals surface area contributed by atoms with E-state index in [4.69, 9.17) is 0 Å². The molecule has 6 heteroatoms. The summed E-state index contributed by atoms with van der Waals surface area (Å²) in [4.78, 5) is 0.286. The van der Waals surface area contributed by atoms with Crippen molar-refractivity contribution < 1.29 is 13.5 Å². The molecule has 1 aromatic rings. The summed E-state index contributed by atoms with van der Waals surface area (Å²) in [6.45, 7) is 2.88. The summed E-state index contributed by atoms with van der Waals surface area (Å²) in [6.07, 6.45) is 0.891. The molecule has 1 N–H and O–H groups in total. The Balaban J connectivity index is 2.32. The minimum absolute atomic E-state index is 0.134.